The molecule has 0 unspecified atom stereocenters. The largest absolute Gasteiger partial charge is 0.309 e. The maximum absolute atomic E-state index is 4.74. The lowest BCUT2D eigenvalue weighted by atomic mass is 9.98. The first kappa shape index (κ1) is 17.9. The van der Waals surface area contributed by atoms with Gasteiger partial charge in [0.05, 0.1) is 22.4 Å². The zero-order chi connectivity index (χ0) is 20.9. The molecular weight excluding hydrogens is 376 g/mol. The summed E-state index contributed by atoms with van der Waals surface area (Å²) >= 11 is 0. The van der Waals surface area contributed by atoms with Crippen molar-refractivity contribution in [3.05, 3.63) is 108 Å². The number of para-hydroxylation sites is 2. The van der Waals surface area contributed by atoms with Crippen LogP contribution in [0, 0.1) is 13.8 Å². The lowest BCUT2D eigenvalue weighted by Crippen LogP contribution is -1.97. The molecule has 0 radical (unpaired) electrons. The van der Waals surface area contributed by atoms with E-state index in [9.17, 15) is 0 Å². The number of aromatic nitrogens is 2. The van der Waals surface area contributed by atoms with Crippen molar-refractivity contribution < 1.29 is 0 Å². The van der Waals surface area contributed by atoms with Crippen LogP contribution >= 0.6 is 0 Å². The van der Waals surface area contributed by atoms with Gasteiger partial charge >= 0.3 is 0 Å². The van der Waals surface area contributed by atoms with Crippen LogP contribution in [0.1, 0.15) is 11.1 Å². The first-order chi connectivity index (χ1) is 15.2. The number of nitrogens with zero attached hydrogens (tertiary/aromatic N) is 2. The molecule has 0 amide bonds. The van der Waals surface area contributed by atoms with Crippen molar-refractivity contribution in [1.82, 2.24) is 9.55 Å². The van der Waals surface area contributed by atoms with Crippen molar-refractivity contribution >= 4 is 32.6 Å². The third-order valence-electron chi connectivity index (χ3n) is 6.37. The zero-order valence-corrected chi connectivity index (χ0v) is 17.6. The van der Waals surface area contributed by atoms with Crippen LogP contribution in [0.25, 0.3) is 49.5 Å². The monoisotopic (exact) mass is 398 g/mol. The molecule has 0 spiro atoms. The normalized spacial score (nSPS) is 11.5. The Morgan fingerprint density at radius 2 is 1.16 bits per heavy atom. The Morgan fingerprint density at radius 1 is 0.581 bits per heavy atom. The maximum atomic E-state index is 4.74. The molecule has 31 heavy (non-hydrogen) atoms. The lowest BCUT2D eigenvalue weighted by molar-refractivity contribution is 1.19. The Morgan fingerprint density at radius 3 is 1.81 bits per heavy atom. The Labute approximate surface area is 181 Å². The highest BCUT2D eigenvalue weighted by molar-refractivity contribution is 6.11. The van der Waals surface area contributed by atoms with E-state index in [2.05, 4.69) is 109 Å². The minimum atomic E-state index is 1.02. The van der Waals surface area contributed by atoms with Crippen molar-refractivity contribution in [2.45, 2.75) is 13.8 Å². The van der Waals surface area contributed by atoms with Gasteiger partial charge in [-0.1, -0.05) is 66.7 Å². The van der Waals surface area contributed by atoms with Gasteiger partial charge in [0.1, 0.15) is 0 Å². The van der Waals surface area contributed by atoms with Crippen molar-refractivity contribution in [2.24, 2.45) is 0 Å². The van der Waals surface area contributed by atoms with Crippen molar-refractivity contribution in [2.75, 3.05) is 0 Å². The van der Waals surface area contributed by atoms with E-state index in [4.69, 9.17) is 4.98 Å². The van der Waals surface area contributed by atoms with Crippen LogP contribution in [0.15, 0.2) is 97.2 Å². The van der Waals surface area contributed by atoms with Crippen LogP contribution in [0.2, 0.25) is 0 Å². The number of hydrogen-bond acceptors (Lipinski definition) is 1. The van der Waals surface area contributed by atoms with E-state index in [1.54, 1.807) is 0 Å². The molecule has 0 saturated carbocycles. The molecule has 0 saturated heterocycles. The number of benzene rings is 4. The molecule has 2 aromatic heterocycles. The smallest absolute Gasteiger partial charge is 0.0711 e. The van der Waals surface area contributed by atoms with Crippen LogP contribution in [0.5, 0.6) is 0 Å². The van der Waals surface area contributed by atoms with E-state index in [-0.39, 0.29) is 0 Å². The first-order valence-corrected chi connectivity index (χ1v) is 10.7. The fourth-order valence-corrected chi connectivity index (χ4v) is 4.66. The van der Waals surface area contributed by atoms with Crippen LogP contribution < -0.4 is 0 Å². The van der Waals surface area contributed by atoms with E-state index in [0.717, 1.165) is 5.69 Å². The van der Waals surface area contributed by atoms with Crippen molar-refractivity contribution in [1.29, 1.82) is 0 Å². The van der Waals surface area contributed by atoms with Gasteiger partial charge in [0.2, 0.25) is 0 Å². The number of fused-ring (bicyclic) bond motifs is 4. The molecule has 0 bridgehead atoms. The highest BCUT2D eigenvalue weighted by Crippen LogP contribution is 2.37. The molecule has 0 fully saturated rings. The van der Waals surface area contributed by atoms with Crippen LogP contribution in [-0.2, 0) is 0 Å². The fraction of sp³-hybridized carbons (Fsp3) is 0.0690. The molecule has 2 heterocycles. The first-order valence-electron chi connectivity index (χ1n) is 10.7. The molecule has 0 N–H and O–H groups in total. The van der Waals surface area contributed by atoms with E-state index in [0.29, 0.717) is 0 Å². The summed E-state index contributed by atoms with van der Waals surface area (Å²) in [5.41, 5.74) is 8.32. The van der Waals surface area contributed by atoms with Gasteiger partial charge in [0, 0.05) is 27.9 Å². The molecule has 0 aliphatic carbocycles. The lowest BCUT2D eigenvalue weighted by Gasteiger charge is -2.15. The Kier molecular flexibility index (Phi) is 3.94. The minimum Gasteiger partial charge on any atom is -0.309 e. The maximum Gasteiger partial charge on any atom is 0.0711 e. The second-order valence-electron chi connectivity index (χ2n) is 8.20. The van der Waals surface area contributed by atoms with Gasteiger partial charge in [-0.3, -0.25) is 4.98 Å². The molecule has 148 valence electrons. The van der Waals surface area contributed by atoms with Crippen LogP contribution in [0.3, 0.4) is 0 Å². The van der Waals surface area contributed by atoms with E-state index in [1.807, 2.05) is 6.20 Å². The average molecular weight is 399 g/mol. The average Bonchev–Trinajstić information content (AvgIpc) is 3.15. The Balaban J connectivity index is 1.70. The number of aryl methyl sites for hydroxylation is 2. The number of hydrogen-bond donors (Lipinski definition) is 0. The standard InChI is InChI=1S/C29H22N2/c1-19-17-26(30-18-20(19)2)22-15-16-29(23-10-4-3-9-21(22)23)31-27-13-7-5-11-24(27)25-12-6-8-14-28(25)31/h3-18H,1-2H3. The van der Waals surface area contributed by atoms with Gasteiger partial charge in [-0.25, -0.2) is 0 Å². The molecule has 6 rings (SSSR count). The van der Waals surface area contributed by atoms with Crippen molar-refractivity contribution in [3.8, 4) is 16.9 Å². The predicted molar refractivity (Wildman–Crippen MR) is 131 cm³/mol. The fourth-order valence-electron chi connectivity index (χ4n) is 4.66. The third-order valence-corrected chi connectivity index (χ3v) is 6.37. The Hall–Kier alpha value is -3.91. The van der Waals surface area contributed by atoms with Gasteiger partial charge in [0.25, 0.3) is 0 Å². The van der Waals surface area contributed by atoms with E-state index >= 15 is 0 Å². The van der Waals surface area contributed by atoms with E-state index in [1.165, 1.54) is 55.0 Å². The summed E-state index contributed by atoms with van der Waals surface area (Å²) in [6.45, 7) is 4.25. The van der Waals surface area contributed by atoms with Crippen molar-refractivity contribution in [3.63, 3.8) is 0 Å². The SMILES string of the molecule is Cc1cnc(-c2ccc(-n3c4ccccc4c4ccccc43)c3ccccc23)cc1C. The minimum absolute atomic E-state index is 1.02. The molecular formula is C29H22N2. The molecule has 0 aliphatic rings. The number of pyridine rings is 1. The molecule has 4 aromatic carbocycles. The predicted octanol–water partition coefficient (Wildman–Crippen LogP) is 7.62. The van der Waals surface area contributed by atoms with Gasteiger partial charge in [0.15, 0.2) is 0 Å². The molecule has 6 aromatic rings. The van der Waals surface area contributed by atoms with Crippen LogP contribution in [-0.4, -0.2) is 9.55 Å². The third kappa shape index (κ3) is 2.69. The summed E-state index contributed by atoms with van der Waals surface area (Å²) in [5, 5.41) is 5.01. The molecule has 0 aliphatic heterocycles. The second-order valence-corrected chi connectivity index (χ2v) is 8.20. The highest BCUT2D eigenvalue weighted by atomic mass is 15.0. The summed E-state index contributed by atoms with van der Waals surface area (Å²) in [4.78, 5) is 4.74. The van der Waals surface area contributed by atoms with Crippen LogP contribution in [0.4, 0.5) is 0 Å². The summed E-state index contributed by atoms with van der Waals surface area (Å²) in [7, 11) is 0. The van der Waals surface area contributed by atoms with Gasteiger partial charge in [-0.05, 0) is 54.6 Å². The molecule has 0 atom stereocenters. The zero-order valence-electron chi connectivity index (χ0n) is 17.6. The number of rotatable bonds is 2. The van der Waals surface area contributed by atoms with E-state index < -0.39 is 0 Å². The topological polar surface area (TPSA) is 17.8 Å². The summed E-state index contributed by atoms with van der Waals surface area (Å²) in [5.74, 6) is 0. The quantitative estimate of drug-likeness (QED) is 0.293. The Bertz CT molecular complexity index is 1550. The molecule has 2 heteroatoms. The van der Waals surface area contributed by atoms with Gasteiger partial charge < -0.3 is 4.57 Å². The highest BCUT2D eigenvalue weighted by Gasteiger charge is 2.15. The molecule has 2 nitrogen and oxygen atoms in total. The van der Waals surface area contributed by atoms with Gasteiger partial charge in [-0.2, -0.15) is 0 Å². The summed E-state index contributed by atoms with van der Waals surface area (Å²) in [6, 6.07) is 32.6. The summed E-state index contributed by atoms with van der Waals surface area (Å²) in [6.07, 6.45) is 1.97. The summed E-state index contributed by atoms with van der Waals surface area (Å²) < 4.78 is 2.39. The second kappa shape index (κ2) is 6.82. The van der Waals surface area contributed by atoms with Gasteiger partial charge in [-0.15, -0.1) is 0 Å².